The summed E-state index contributed by atoms with van der Waals surface area (Å²) in [6, 6.07) is 13.9. The predicted octanol–water partition coefficient (Wildman–Crippen LogP) is 5.17. The van der Waals surface area contributed by atoms with Crippen LogP contribution in [0.3, 0.4) is 0 Å². The fourth-order valence-corrected chi connectivity index (χ4v) is 5.38. The Morgan fingerprint density at radius 3 is 2.53 bits per heavy atom. The van der Waals surface area contributed by atoms with Crippen molar-refractivity contribution in [3.8, 4) is 21.8 Å². The molecule has 0 spiro atoms. The molecule has 8 heteroatoms. The molecule has 0 aliphatic carbocycles. The van der Waals surface area contributed by atoms with Gasteiger partial charge < -0.3 is 4.90 Å². The summed E-state index contributed by atoms with van der Waals surface area (Å²) in [6.07, 6.45) is 4.30. The predicted molar refractivity (Wildman–Crippen MR) is 130 cm³/mol. The highest BCUT2D eigenvalue weighted by molar-refractivity contribution is 7.15. The third kappa shape index (κ3) is 4.98. The summed E-state index contributed by atoms with van der Waals surface area (Å²) in [6.45, 7) is 2.46. The van der Waals surface area contributed by atoms with Crippen LogP contribution in [0.5, 0.6) is 0 Å². The first-order valence-electron chi connectivity index (χ1n) is 11.2. The fraction of sp³-hybridized carbons (Fsp3) is 0.269. The Hall–Kier alpha value is -3.23. The number of aromatic nitrogens is 3. The van der Waals surface area contributed by atoms with Gasteiger partial charge >= 0.3 is 0 Å². The number of hydrogen-bond donors (Lipinski definition) is 0. The van der Waals surface area contributed by atoms with Gasteiger partial charge in [0.2, 0.25) is 0 Å². The zero-order valence-corrected chi connectivity index (χ0v) is 19.6. The summed E-state index contributed by atoms with van der Waals surface area (Å²) in [4.78, 5) is 20.8. The lowest BCUT2D eigenvalue weighted by molar-refractivity contribution is 0.257. The third-order valence-electron chi connectivity index (χ3n) is 6.18. The van der Waals surface area contributed by atoms with Crippen LogP contribution in [0.15, 0.2) is 65.6 Å². The van der Waals surface area contributed by atoms with Crippen molar-refractivity contribution < 1.29 is 8.78 Å². The molecule has 0 N–H and O–H groups in total. The molecule has 0 unspecified atom stereocenters. The molecule has 2 aromatic carbocycles. The highest BCUT2D eigenvalue weighted by atomic mass is 32.1. The standard InChI is InChI=1S/C26H24F2N4OS/c1-31-9-7-18(8-10-31)24-15-29-26(34-24)19-4-2-3-17(11-19)16-32-25(33)6-5-23(30-32)20-12-21(27)14-22(28)13-20/h2-6,11-15,18H,7-10,16H2,1H3. The van der Waals surface area contributed by atoms with Gasteiger partial charge in [0, 0.05) is 34.3 Å². The maximum absolute atomic E-state index is 13.6. The van der Waals surface area contributed by atoms with Crippen molar-refractivity contribution in [3.05, 3.63) is 93.2 Å². The molecule has 0 bridgehead atoms. The molecule has 1 fully saturated rings. The second-order valence-corrected chi connectivity index (χ2v) is 9.78. The Morgan fingerprint density at radius 1 is 1.00 bits per heavy atom. The molecule has 1 aliphatic heterocycles. The van der Waals surface area contributed by atoms with Crippen LogP contribution in [0.1, 0.15) is 29.2 Å². The lowest BCUT2D eigenvalue weighted by Gasteiger charge is -2.27. The first-order valence-corrected chi connectivity index (χ1v) is 12.0. The Labute approximate surface area is 200 Å². The van der Waals surface area contributed by atoms with E-state index >= 15 is 0 Å². The normalized spacial score (nSPS) is 15.0. The summed E-state index contributed by atoms with van der Waals surface area (Å²) in [5, 5.41) is 5.31. The zero-order chi connectivity index (χ0) is 23.7. The average molecular weight is 479 g/mol. The topological polar surface area (TPSA) is 51.0 Å². The first-order chi connectivity index (χ1) is 16.4. The minimum atomic E-state index is -0.690. The molecule has 1 saturated heterocycles. The number of nitrogens with zero attached hydrogens (tertiary/aromatic N) is 4. The van der Waals surface area contributed by atoms with Gasteiger partial charge in [-0.2, -0.15) is 5.10 Å². The van der Waals surface area contributed by atoms with Gasteiger partial charge in [-0.3, -0.25) is 4.79 Å². The monoisotopic (exact) mass is 478 g/mol. The van der Waals surface area contributed by atoms with E-state index in [4.69, 9.17) is 0 Å². The smallest absolute Gasteiger partial charge is 0.267 e. The van der Waals surface area contributed by atoms with Crippen molar-refractivity contribution in [1.82, 2.24) is 19.7 Å². The van der Waals surface area contributed by atoms with Crippen LogP contribution in [0.25, 0.3) is 21.8 Å². The van der Waals surface area contributed by atoms with Crippen molar-refractivity contribution >= 4 is 11.3 Å². The summed E-state index contributed by atoms with van der Waals surface area (Å²) in [7, 11) is 2.16. The molecular weight excluding hydrogens is 454 g/mol. The van der Waals surface area contributed by atoms with Gasteiger partial charge in [0.1, 0.15) is 16.6 Å². The second kappa shape index (κ2) is 9.56. The number of hydrogen-bond acceptors (Lipinski definition) is 5. The van der Waals surface area contributed by atoms with E-state index in [1.54, 1.807) is 11.3 Å². The quantitative estimate of drug-likeness (QED) is 0.397. The van der Waals surface area contributed by atoms with Gasteiger partial charge in [-0.1, -0.05) is 18.2 Å². The van der Waals surface area contributed by atoms with Crippen LogP contribution >= 0.6 is 11.3 Å². The van der Waals surface area contributed by atoms with Crippen LogP contribution in [0.2, 0.25) is 0 Å². The van der Waals surface area contributed by atoms with Crippen LogP contribution in [0, 0.1) is 11.6 Å². The van der Waals surface area contributed by atoms with E-state index < -0.39 is 11.6 Å². The number of benzene rings is 2. The zero-order valence-electron chi connectivity index (χ0n) is 18.7. The van der Waals surface area contributed by atoms with Crippen LogP contribution in [-0.4, -0.2) is 39.8 Å². The summed E-state index contributed by atoms with van der Waals surface area (Å²) in [5.74, 6) is -0.820. The molecule has 3 heterocycles. The molecule has 1 aliphatic rings. The highest BCUT2D eigenvalue weighted by Crippen LogP contribution is 2.35. The minimum Gasteiger partial charge on any atom is -0.306 e. The Bertz CT molecular complexity index is 1350. The molecular formula is C26H24F2N4OS. The number of likely N-dealkylation sites (tertiary alicyclic amines) is 1. The minimum absolute atomic E-state index is 0.242. The van der Waals surface area contributed by atoms with Crippen molar-refractivity contribution in [2.45, 2.75) is 25.3 Å². The molecule has 0 saturated carbocycles. The lowest BCUT2D eigenvalue weighted by Crippen LogP contribution is -2.28. The molecule has 0 amide bonds. The van der Waals surface area contributed by atoms with Gasteiger partial charge in [-0.05, 0) is 68.7 Å². The van der Waals surface area contributed by atoms with E-state index in [0.717, 1.165) is 48.1 Å². The van der Waals surface area contributed by atoms with Gasteiger partial charge in [0.05, 0.1) is 12.2 Å². The molecule has 174 valence electrons. The van der Waals surface area contributed by atoms with Crippen molar-refractivity contribution in [2.24, 2.45) is 0 Å². The van der Waals surface area contributed by atoms with E-state index in [9.17, 15) is 13.6 Å². The maximum atomic E-state index is 13.6. The van der Waals surface area contributed by atoms with E-state index in [1.807, 2.05) is 30.5 Å². The number of thiazole rings is 1. The van der Waals surface area contributed by atoms with Crippen LogP contribution in [-0.2, 0) is 6.54 Å². The Morgan fingerprint density at radius 2 is 1.76 bits per heavy atom. The van der Waals surface area contributed by atoms with Gasteiger partial charge in [-0.15, -0.1) is 11.3 Å². The highest BCUT2D eigenvalue weighted by Gasteiger charge is 2.21. The van der Waals surface area contributed by atoms with Crippen molar-refractivity contribution in [1.29, 1.82) is 0 Å². The number of rotatable bonds is 5. The van der Waals surface area contributed by atoms with E-state index in [0.29, 0.717) is 11.6 Å². The molecule has 5 nitrogen and oxygen atoms in total. The molecule has 2 aromatic heterocycles. The number of piperidine rings is 1. The summed E-state index contributed by atoms with van der Waals surface area (Å²) >= 11 is 1.73. The Balaban J connectivity index is 1.38. The van der Waals surface area contributed by atoms with E-state index in [-0.39, 0.29) is 17.7 Å². The lowest BCUT2D eigenvalue weighted by atomic mass is 9.96. The second-order valence-electron chi connectivity index (χ2n) is 8.72. The fourth-order valence-electron chi connectivity index (χ4n) is 4.30. The van der Waals surface area contributed by atoms with Crippen LogP contribution in [0.4, 0.5) is 8.78 Å². The van der Waals surface area contributed by atoms with Gasteiger partial charge in [0.25, 0.3) is 5.56 Å². The molecule has 5 rings (SSSR count). The maximum Gasteiger partial charge on any atom is 0.267 e. The van der Waals surface area contributed by atoms with Crippen molar-refractivity contribution in [3.63, 3.8) is 0 Å². The van der Waals surface area contributed by atoms with E-state index in [1.165, 1.54) is 33.8 Å². The van der Waals surface area contributed by atoms with Gasteiger partial charge in [0.15, 0.2) is 0 Å². The first kappa shape index (κ1) is 22.6. The van der Waals surface area contributed by atoms with Crippen LogP contribution < -0.4 is 5.56 Å². The van der Waals surface area contributed by atoms with Crippen molar-refractivity contribution in [2.75, 3.05) is 20.1 Å². The SMILES string of the molecule is CN1CCC(c2cnc(-c3cccc(Cn4nc(-c5cc(F)cc(F)c5)ccc4=O)c3)s2)CC1. The summed E-state index contributed by atoms with van der Waals surface area (Å²) < 4.78 is 28.6. The molecule has 0 atom stereocenters. The number of halogens is 2. The Kier molecular flexibility index (Phi) is 6.34. The summed E-state index contributed by atoms with van der Waals surface area (Å²) in [5.41, 5.74) is 2.22. The molecule has 4 aromatic rings. The third-order valence-corrected chi connectivity index (χ3v) is 7.38. The largest absolute Gasteiger partial charge is 0.306 e. The average Bonchev–Trinajstić information content (AvgIpc) is 3.31. The van der Waals surface area contributed by atoms with E-state index in [2.05, 4.69) is 22.0 Å². The molecule has 34 heavy (non-hydrogen) atoms. The molecule has 0 radical (unpaired) electrons. The van der Waals surface area contributed by atoms with Gasteiger partial charge in [-0.25, -0.2) is 18.4 Å².